The third kappa shape index (κ3) is 3.63. The minimum atomic E-state index is 0.0437. The Balaban J connectivity index is 1.47. The number of carbonyl (C=O) groups excluding carboxylic acids is 1. The molecule has 3 rings (SSSR count). The van der Waals surface area contributed by atoms with Crippen LogP contribution in [0.15, 0.2) is 10.6 Å². The second-order valence-electron chi connectivity index (χ2n) is 6.04. The zero-order valence-electron chi connectivity index (χ0n) is 12.7. The van der Waals surface area contributed by atoms with E-state index in [2.05, 4.69) is 15.4 Å². The van der Waals surface area contributed by atoms with Crippen LogP contribution in [0.4, 0.5) is 0 Å². The number of nitrogens with one attached hydrogen (secondary N) is 1. The predicted octanol–water partition coefficient (Wildman–Crippen LogP) is 0.769. The van der Waals surface area contributed by atoms with Crippen molar-refractivity contribution in [2.45, 2.75) is 38.8 Å². The van der Waals surface area contributed by atoms with E-state index >= 15 is 0 Å². The fourth-order valence-corrected chi connectivity index (χ4v) is 3.12. The maximum absolute atomic E-state index is 12.4. The third-order valence-corrected chi connectivity index (χ3v) is 4.35. The second kappa shape index (κ2) is 6.58. The van der Waals surface area contributed by atoms with E-state index in [1.165, 1.54) is 6.42 Å². The van der Waals surface area contributed by atoms with Crippen molar-refractivity contribution in [3.05, 3.63) is 17.5 Å². The van der Waals surface area contributed by atoms with E-state index in [1.807, 2.05) is 17.9 Å². The van der Waals surface area contributed by atoms with Crippen LogP contribution in [-0.2, 0) is 11.3 Å². The minimum absolute atomic E-state index is 0.0437. The summed E-state index contributed by atoms with van der Waals surface area (Å²) in [4.78, 5) is 16.8. The fraction of sp³-hybridized carbons (Fsp3) is 0.733. The van der Waals surface area contributed by atoms with Crippen LogP contribution < -0.4 is 5.32 Å². The highest BCUT2D eigenvalue weighted by Crippen LogP contribution is 2.13. The Hall–Kier alpha value is -1.40. The van der Waals surface area contributed by atoms with Crippen molar-refractivity contribution in [2.75, 3.05) is 32.7 Å². The summed E-state index contributed by atoms with van der Waals surface area (Å²) in [6.45, 7) is 7.11. The molecule has 0 radical (unpaired) electrons. The molecule has 1 aromatic heterocycles. The average molecular weight is 292 g/mol. The number of rotatable bonds is 3. The molecule has 2 fully saturated rings. The molecule has 1 aromatic rings. The summed E-state index contributed by atoms with van der Waals surface area (Å²) in [7, 11) is 0. The van der Waals surface area contributed by atoms with E-state index in [0.717, 1.165) is 63.6 Å². The van der Waals surface area contributed by atoms with Crippen LogP contribution in [0.5, 0.6) is 0 Å². The Bertz CT molecular complexity index is 474. The van der Waals surface area contributed by atoms with Gasteiger partial charge in [0.05, 0.1) is 18.3 Å². The van der Waals surface area contributed by atoms with E-state index in [0.29, 0.717) is 0 Å². The monoisotopic (exact) mass is 292 g/mol. The molecule has 6 nitrogen and oxygen atoms in total. The highest BCUT2D eigenvalue weighted by molar-refractivity contribution is 5.82. The largest absolute Gasteiger partial charge is 0.360 e. The molecule has 1 N–H and O–H groups in total. The van der Waals surface area contributed by atoms with Gasteiger partial charge in [0, 0.05) is 32.2 Å². The van der Waals surface area contributed by atoms with Gasteiger partial charge in [0.15, 0.2) is 5.76 Å². The summed E-state index contributed by atoms with van der Waals surface area (Å²) < 4.78 is 5.25. The number of hydrogen-bond acceptors (Lipinski definition) is 5. The summed E-state index contributed by atoms with van der Waals surface area (Å²) in [6, 6.07) is 2.02. The van der Waals surface area contributed by atoms with Gasteiger partial charge >= 0.3 is 0 Å². The fourth-order valence-electron chi connectivity index (χ4n) is 3.12. The molecular weight excluding hydrogens is 268 g/mol. The summed E-state index contributed by atoms with van der Waals surface area (Å²) in [5.74, 6) is 1.19. The summed E-state index contributed by atoms with van der Waals surface area (Å²) in [5, 5.41) is 7.25. The third-order valence-electron chi connectivity index (χ3n) is 4.35. The lowest BCUT2D eigenvalue weighted by Crippen LogP contribution is -2.54. The van der Waals surface area contributed by atoms with Crippen molar-refractivity contribution in [1.82, 2.24) is 20.3 Å². The SMILES string of the molecule is Cc1cc(CN2CCN(C(=O)[C@H]3CCCCN3)CC2)on1. The molecule has 0 aliphatic carbocycles. The summed E-state index contributed by atoms with van der Waals surface area (Å²) >= 11 is 0. The summed E-state index contributed by atoms with van der Waals surface area (Å²) in [5.41, 5.74) is 0.919. The average Bonchev–Trinajstić information content (AvgIpc) is 2.93. The lowest BCUT2D eigenvalue weighted by atomic mass is 10.0. The van der Waals surface area contributed by atoms with E-state index < -0.39 is 0 Å². The van der Waals surface area contributed by atoms with Crippen molar-refractivity contribution < 1.29 is 9.32 Å². The lowest BCUT2D eigenvalue weighted by molar-refractivity contribution is -0.135. The van der Waals surface area contributed by atoms with E-state index in [9.17, 15) is 4.79 Å². The van der Waals surface area contributed by atoms with Gasteiger partial charge in [0.1, 0.15) is 0 Å². The highest BCUT2D eigenvalue weighted by atomic mass is 16.5. The van der Waals surface area contributed by atoms with Crippen LogP contribution in [0, 0.1) is 6.92 Å². The van der Waals surface area contributed by atoms with Crippen LogP contribution >= 0.6 is 0 Å². The van der Waals surface area contributed by atoms with Crippen molar-refractivity contribution in [2.24, 2.45) is 0 Å². The lowest BCUT2D eigenvalue weighted by Gasteiger charge is -2.36. The van der Waals surface area contributed by atoms with Crippen LogP contribution in [0.3, 0.4) is 0 Å². The van der Waals surface area contributed by atoms with Gasteiger partial charge in [-0.25, -0.2) is 0 Å². The number of piperidine rings is 1. The molecule has 0 aromatic carbocycles. The molecule has 0 spiro atoms. The smallest absolute Gasteiger partial charge is 0.239 e. The van der Waals surface area contributed by atoms with Gasteiger partial charge in [-0.15, -0.1) is 0 Å². The van der Waals surface area contributed by atoms with E-state index in [1.54, 1.807) is 0 Å². The molecule has 21 heavy (non-hydrogen) atoms. The molecule has 6 heteroatoms. The zero-order chi connectivity index (χ0) is 14.7. The molecule has 3 heterocycles. The van der Waals surface area contributed by atoms with Crippen molar-refractivity contribution >= 4 is 5.91 Å². The number of nitrogens with zero attached hydrogens (tertiary/aromatic N) is 3. The van der Waals surface area contributed by atoms with Crippen LogP contribution in [0.25, 0.3) is 0 Å². The van der Waals surface area contributed by atoms with Gasteiger partial charge in [0.2, 0.25) is 5.91 Å². The summed E-state index contributed by atoms with van der Waals surface area (Å²) in [6.07, 6.45) is 3.33. The minimum Gasteiger partial charge on any atom is -0.360 e. The molecule has 0 unspecified atom stereocenters. The number of hydrogen-bond donors (Lipinski definition) is 1. The Labute approximate surface area is 125 Å². The normalized spacial score (nSPS) is 24.2. The number of amides is 1. The Kier molecular flexibility index (Phi) is 4.55. The zero-order valence-corrected chi connectivity index (χ0v) is 12.7. The van der Waals surface area contributed by atoms with Crippen molar-refractivity contribution in [1.29, 1.82) is 0 Å². The molecule has 1 atom stereocenters. The molecule has 116 valence electrons. The Morgan fingerprint density at radius 1 is 1.38 bits per heavy atom. The van der Waals surface area contributed by atoms with E-state index in [4.69, 9.17) is 4.52 Å². The Morgan fingerprint density at radius 3 is 2.81 bits per heavy atom. The number of piperazine rings is 1. The first-order chi connectivity index (χ1) is 10.2. The van der Waals surface area contributed by atoms with Gasteiger partial charge < -0.3 is 14.7 Å². The van der Waals surface area contributed by atoms with Crippen LogP contribution in [0.1, 0.15) is 30.7 Å². The molecule has 0 bridgehead atoms. The first-order valence-electron chi connectivity index (χ1n) is 7.89. The van der Waals surface area contributed by atoms with Crippen LogP contribution in [0.2, 0.25) is 0 Å². The molecule has 2 aliphatic rings. The van der Waals surface area contributed by atoms with Crippen molar-refractivity contribution in [3.63, 3.8) is 0 Å². The molecule has 2 saturated heterocycles. The maximum Gasteiger partial charge on any atom is 0.239 e. The van der Waals surface area contributed by atoms with Crippen molar-refractivity contribution in [3.8, 4) is 0 Å². The van der Waals surface area contributed by atoms with Gasteiger partial charge in [-0.1, -0.05) is 11.6 Å². The molecule has 2 aliphatic heterocycles. The van der Waals surface area contributed by atoms with Gasteiger partial charge in [-0.2, -0.15) is 0 Å². The highest BCUT2D eigenvalue weighted by Gasteiger charge is 2.28. The maximum atomic E-state index is 12.4. The van der Waals surface area contributed by atoms with E-state index in [-0.39, 0.29) is 11.9 Å². The number of aromatic nitrogens is 1. The predicted molar refractivity (Wildman–Crippen MR) is 78.7 cm³/mol. The number of aryl methyl sites for hydroxylation is 1. The molecule has 0 saturated carbocycles. The molecular formula is C15H24N4O2. The number of carbonyl (C=O) groups is 1. The van der Waals surface area contributed by atoms with Gasteiger partial charge in [-0.05, 0) is 26.3 Å². The van der Waals surface area contributed by atoms with Crippen LogP contribution in [-0.4, -0.2) is 59.6 Å². The second-order valence-corrected chi connectivity index (χ2v) is 6.04. The Morgan fingerprint density at radius 2 is 2.19 bits per heavy atom. The standard InChI is InChI=1S/C15H24N4O2/c1-12-10-13(21-17-12)11-18-6-8-19(9-7-18)15(20)14-4-2-3-5-16-14/h10,14,16H,2-9,11H2,1H3/t14-/m1/s1. The quantitative estimate of drug-likeness (QED) is 0.891. The molecule has 1 amide bonds. The first kappa shape index (κ1) is 14.5. The first-order valence-corrected chi connectivity index (χ1v) is 7.89. The topological polar surface area (TPSA) is 61.6 Å². The van der Waals surface area contributed by atoms with Gasteiger partial charge in [-0.3, -0.25) is 9.69 Å². The van der Waals surface area contributed by atoms with Gasteiger partial charge in [0.25, 0.3) is 0 Å².